The van der Waals surface area contributed by atoms with E-state index in [-0.39, 0.29) is 10.8 Å². The molecule has 3 rings (SSSR count). The summed E-state index contributed by atoms with van der Waals surface area (Å²) in [5.41, 5.74) is 1.87. The van der Waals surface area contributed by atoms with Gasteiger partial charge in [0.1, 0.15) is 0 Å². The largest absolute Gasteiger partial charge is 0.355 e. The molecule has 1 aliphatic rings. The number of carbonyl (C=O) groups is 1. The Kier molecular flexibility index (Phi) is 5.56. The lowest BCUT2D eigenvalue weighted by Gasteiger charge is -2.16. The first-order chi connectivity index (χ1) is 12.9. The fourth-order valence-electron chi connectivity index (χ4n) is 3.17. The van der Waals surface area contributed by atoms with Crippen LogP contribution in [0.15, 0.2) is 53.4 Å². The van der Waals surface area contributed by atoms with Crippen LogP contribution in [0.4, 0.5) is 5.69 Å². The number of hydrogen-bond acceptors (Lipinski definition) is 3. The van der Waals surface area contributed by atoms with Crippen LogP contribution >= 0.6 is 0 Å². The van der Waals surface area contributed by atoms with Crippen molar-refractivity contribution in [2.75, 3.05) is 11.3 Å². The summed E-state index contributed by atoms with van der Waals surface area (Å²) in [5.74, 6) is 0.0732. The van der Waals surface area contributed by atoms with E-state index in [1.165, 1.54) is 0 Å². The predicted molar refractivity (Wildman–Crippen MR) is 107 cm³/mol. The molecular weight excluding hydrogens is 360 g/mol. The highest BCUT2D eigenvalue weighted by atomic mass is 32.2. The van der Waals surface area contributed by atoms with Crippen molar-refractivity contribution in [1.82, 2.24) is 5.32 Å². The molecule has 0 atom stereocenters. The van der Waals surface area contributed by atoms with Crippen LogP contribution in [0.5, 0.6) is 0 Å². The van der Waals surface area contributed by atoms with Gasteiger partial charge in [0.25, 0.3) is 10.0 Å². The molecule has 0 aliphatic heterocycles. The van der Waals surface area contributed by atoms with Crippen molar-refractivity contribution >= 4 is 21.6 Å². The number of nitrogens with one attached hydrogen (secondary N) is 2. The third kappa shape index (κ3) is 4.33. The molecular formula is C21H26N2O3S. The van der Waals surface area contributed by atoms with Crippen LogP contribution in [-0.4, -0.2) is 20.9 Å². The van der Waals surface area contributed by atoms with Crippen LogP contribution < -0.4 is 10.0 Å². The summed E-state index contributed by atoms with van der Waals surface area (Å²) >= 11 is 0. The minimum Gasteiger partial charge on any atom is -0.355 e. The molecule has 0 unspecified atom stereocenters. The summed E-state index contributed by atoms with van der Waals surface area (Å²) in [7, 11) is -3.63. The maximum absolute atomic E-state index is 12.5. The van der Waals surface area contributed by atoms with Crippen LogP contribution in [0.3, 0.4) is 0 Å². The average molecular weight is 387 g/mol. The normalized spacial score (nSPS) is 15.2. The Morgan fingerprint density at radius 1 is 1.11 bits per heavy atom. The number of hydrogen-bond donors (Lipinski definition) is 2. The second-order valence-corrected chi connectivity index (χ2v) is 8.87. The summed E-state index contributed by atoms with van der Waals surface area (Å²) in [6, 6.07) is 13.9. The summed E-state index contributed by atoms with van der Waals surface area (Å²) in [5, 5.41) is 3.01. The summed E-state index contributed by atoms with van der Waals surface area (Å²) in [4.78, 5) is 12.7. The number of unbranched alkanes of at least 4 members (excludes halogenated alkanes) is 1. The molecule has 144 valence electrons. The van der Waals surface area contributed by atoms with Gasteiger partial charge in [0, 0.05) is 12.2 Å². The smallest absolute Gasteiger partial charge is 0.261 e. The van der Waals surface area contributed by atoms with E-state index in [0.29, 0.717) is 12.2 Å². The number of aryl methyl sites for hydroxylation is 1. The third-order valence-corrected chi connectivity index (χ3v) is 6.37. The lowest BCUT2D eigenvalue weighted by Crippen LogP contribution is -2.35. The zero-order chi connectivity index (χ0) is 19.5. The molecule has 1 aliphatic carbocycles. The number of anilines is 1. The zero-order valence-corrected chi connectivity index (χ0v) is 16.6. The Balaban J connectivity index is 1.71. The number of sulfonamides is 1. The number of rotatable bonds is 8. The Morgan fingerprint density at radius 2 is 1.81 bits per heavy atom. The minimum absolute atomic E-state index is 0.0732. The van der Waals surface area contributed by atoms with Crippen molar-refractivity contribution < 1.29 is 13.2 Å². The first-order valence-electron chi connectivity index (χ1n) is 9.36. The van der Waals surface area contributed by atoms with Gasteiger partial charge in [-0.05, 0) is 61.6 Å². The van der Waals surface area contributed by atoms with Gasteiger partial charge in [-0.1, -0.05) is 37.6 Å². The van der Waals surface area contributed by atoms with Crippen LogP contribution in [-0.2, 0) is 20.2 Å². The van der Waals surface area contributed by atoms with Gasteiger partial charge in [0.15, 0.2) is 0 Å². The second-order valence-electron chi connectivity index (χ2n) is 7.19. The lowest BCUT2D eigenvalue weighted by atomic mass is 9.94. The fourth-order valence-corrected chi connectivity index (χ4v) is 4.34. The Hall–Kier alpha value is -2.34. The van der Waals surface area contributed by atoms with Gasteiger partial charge in [-0.2, -0.15) is 0 Å². The summed E-state index contributed by atoms with van der Waals surface area (Å²) in [6.07, 6.45) is 3.68. The molecule has 2 aromatic rings. The van der Waals surface area contributed by atoms with Crippen molar-refractivity contribution in [3.05, 3.63) is 59.7 Å². The molecule has 0 aromatic heterocycles. The fraction of sp³-hybridized carbons (Fsp3) is 0.381. The van der Waals surface area contributed by atoms with Crippen molar-refractivity contribution in [1.29, 1.82) is 0 Å². The first-order valence-corrected chi connectivity index (χ1v) is 10.8. The topological polar surface area (TPSA) is 75.3 Å². The molecule has 0 bridgehead atoms. The predicted octanol–water partition coefficient (Wildman–Crippen LogP) is 3.74. The molecule has 0 saturated heterocycles. The molecule has 0 heterocycles. The van der Waals surface area contributed by atoms with Crippen LogP contribution in [0, 0.1) is 6.92 Å². The molecule has 0 spiro atoms. The molecule has 1 saturated carbocycles. The van der Waals surface area contributed by atoms with E-state index in [0.717, 1.165) is 36.8 Å². The van der Waals surface area contributed by atoms with Crippen molar-refractivity contribution in [3.63, 3.8) is 0 Å². The summed E-state index contributed by atoms with van der Waals surface area (Å²) in [6.45, 7) is 4.65. The van der Waals surface area contributed by atoms with E-state index < -0.39 is 15.4 Å². The molecule has 2 aromatic carbocycles. The molecule has 6 heteroatoms. The van der Waals surface area contributed by atoms with Gasteiger partial charge in [0.2, 0.25) is 5.91 Å². The van der Waals surface area contributed by atoms with E-state index in [9.17, 15) is 13.2 Å². The Morgan fingerprint density at radius 3 is 2.41 bits per heavy atom. The molecule has 1 fully saturated rings. The maximum atomic E-state index is 12.5. The monoisotopic (exact) mass is 386 g/mol. The lowest BCUT2D eigenvalue weighted by molar-refractivity contribution is -0.123. The van der Waals surface area contributed by atoms with Gasteiger partial charge in [0.05, 0.1) is 10.3 Å². The zero-order valence-electron chi connectivity index (χ0n) is 15.8. The second kappa shape index (κ2) is 7.72. The highest BCUT2D eigenvalue weighted by molar-refractivity contribution is 7.92. The standard InChI is InChI=1S/C21H26N2O3S/c1-3-4-14-22-20(24)21(12-13-21)17-8-10-18(11-9-17)23-27(25,26)19-7-5-6-16(2)15-19/h5-11,15,23H,3-4,12-14H2,1-2H3,(H,22,24). The third-order valence-electron chi connectivity index (χ3n) is 4.99. The van der Waals surface area contributed by atoms with E-state index in [2.05, 4.69) is 17.0 Å². The molecule has 2 N–H and O–H groups in total. The Bertz CT molecular complexity index is 917. The Labute approximate surface area is 161 Å². The van der Waals surface area contributed by atoms with E-state index in [4.69, 9.17) is 0 Å². The van der Waals surface area contributed by atoms with Gasteiger partial charge in [-0.25, -0.2) is 8.42 Å². The first kappa shape index (κ1) is 19.4. The number of benzene rings is 2. The van der Waals surface area contributed by atoms with Crippen molar-refractivity contribution in [2.45, 2.75) is 49.8 Å². The highest BCUT2D eigenvalue weighted by Gasteiger charge is 2.50. The van der Waals surface area contributed by atoms with Gasteiger partial charge >= 0.3 is 0 Å². The average Bonchev–Trinajstić information content (AvgIpc) is 3.44. The van der Waals surface area contributed by atoms with E-state index in [1.54, 1.807) is 30.3 Å². The molecule has 0 radical (unpaired) electrons. The van der Waals surface area contributed by atoms with E-state index >= 15 is 0 Å². The van der Waals surface area contributed by atoms with Crippen molar-refractivity contribution in [3.8, 4) is 0 Å². The maximum Gasteiger partial charge on any atom is 0.261 e. The highest BCUT2D eigenvalue weighted by Crippen LogP contribution is 2.48. The van der Waals surface area contributed by atoms with Gasteiger partial charge in [-0.3, -0.25) is 9.52 Å². The minimum atomic E-state index is -3.63. The van der Waals surface area contributed by atoms with E-state index in [1.807, 2.05) is 25.1 Å². The molecule has 27 heavy (non-hydrogen) atoms. The molecule has 1 amide bonds. The SMILES string of the molecule is CCCCNC(=O)C1(c2ccc(NS(=O)(=O)c3cccc(C)c3)cc2)CC1. The van der Waals surface area contributed by atoms with Crippen LogP contribution in [0.2, 0.25) is 0 Å². The van der Waals surface area contributed by atoms with Crippen LogP contribution in [0.25, 0.3) is 0 Å². The number of carbonyl (C=O) groups excluding carboxylic acids is 1. The van der Waals surface area contributed by atoms with Gasteiger partial charge < -0.3 is 5.32 Å². The van der Waals surface area contributed by atoms with Crippen molar-refractivity contribution in [2.24, 2.45) is 0 Å². The summed E-state index contributed by atoms with van der Waals surface area (Å²) < 4.78 is 27.7. The number of amides is 1. The van der Waals surface area contributed by atoms with Crippen LogP contribution in [0.1, 0.15) is 43.7 Å². The van der Waals surface area contributed by atoms with Gasteiger partial charge in [-0.15, -0.1) is 0 Å². The quantitative estimate of drug-likeness (QED) is 0.679. The molecule has 5 nitrogen and oxygen atoms in total.